The lowest BCUT2D eigenvalue weighted by molar-refractivity contribution is 0.0705. The van der Waals surface area contributed by atoms with Crippen LogP contribution in [0.4, 0.5) is 5.95 Å². The van der Waals surface area contributed by atoms with Gasteiger partial charge in [-0.25, -0.2) is 15.4 Å². The van der Waals surface area contributed by atoms with Crippen LogP contribution >= 0.6 is 11.6 Å². The fourth-order valence-corrected chi connectivity index (χ4v) is 4.91. The monoisotopic (exact) mass is 426 g/mol. The Balaban J connectivity index is 1.14. The number of amides is 1. The van der Waals surface area contributed by atoms with Gasteiger partial charge < -0.3 is 14.8 Å². The molecule has 2 aliphatic rings. The molecule has 8 nitrogen and oxygen atoms in total. The number of benzene rings is 1. The third-order valence-corrected chi connectivity index (χ3v) is 6.62. The number of nitrogens with zero attached hydrogens (tertiary/aromatic N) is 4. The van der Waals surface area contributed by atoms with E-state index in [2.05, 4.69) is 44.1 Å². The van der Waals surface area contributed by atoms with Gasteiger partial charge in [0.05, 0.1) is 5.56 Å². The lowest BCUT2D eigenvalue weighted by Gasteiger charge is -2.19. The Bertz CT molecular complexity index is 1090. The van der Waals surface area contributed by atoms with Crippen molar-refractivity contribution in [3.05, 3.63) is 52.9 Å². The number of hydrogen-bond donors (Lipinski definition) is 3. The maximum atomic E-state index is 11.4. The molecule has 3 aromatic rings. The van der Waals surface area contributed by atoms with Gasteiger partial charge in [0, 0.05) is 61.2 Å². The van der Waals surface area contributed by atoms with Crippen LogP contribution in [-0.4, -0.2) is 45.3 Å². The number of piperidine rings is 1. The summed E-state index contributed by atoms with van der Waals surface area (Å²) in [7, 11) is 2.06. The number of fused-ring (bicyclic) bond motifs is 2. The van der Waals surface area contributed by atoms with Gasteiger partial charge in [0.15, 0.2) is 0 Å². The Hall–Kier alpha value is -2.68. The molecule has 1 saturated carbocycles. The Labute approximate surface area is 178 Å². The molecule has 2 unspecified atom stereocenters. The van der Waals surface area contributed by atoms with Crippen LogP contribution in [0.5, 0.6) is 0 Å². The summed E-state index contributed by atoms with van der Waals surface area (Å²) in [5, 5.41) is 14.3. The molecular weight excluding hydrogens is 404 g/mol. The summed E-state index contributed by atoms with van der Waals surface area (Å²) in [6, 6.07) is 6.02. The zero-order valence-electron chi connectivity index (χ0n) is 16.5. The van der Waals surface area contributed by atoms with Crippen LogP contribution in [0.15, 0.2) is 36.8 Å². The molecule has 2 aromatic heterocycles. The number of halogens is 1. The SMILES string of the molecule is Cn1cc(CNCC2C3CN(c4ncc(C(=O)NO)cn4)CC23)c2cc(Cl)ccc21. The number of aromatic nitrogens is 3. The summed E-state index contributed by atoms with van der Waals surface area (Å²) >= 11 is 6.18. The Morgan fingerprint density at radius 1 is 1.27 bits per heavy atom. The van der Waals surface area contributed by atoms with E-state index in [0.717, 1.165) is 31.2 Å². The quantitative estimate of drug-likeness (QED) is 0.413. The number of nitrogens with one attached hydrogen (secondary N) is 2. The summed E-state index contributed by atoms with van der Waals surface area (Å²) in [5.74, 6) is 2.02. The van der Waals surface area contributed by atoms with Crippen molar-refractivity contribution in [2.45, 2.75) is 6.54 Å². The molecule has 0 spiro atoms. The lowest BCUT2D eigenvalue weighted by Crippen LogP contribution is -2.29. The number of hydrogen-bond acceptors (Lipinski definition) is 6. The highest BCUT2D eigenvalue weighted by atomic mass is 35.5. The molecule has 1 saturated heterocycles. The fraction of sp³-hybridized carbons (Fsp3) is 0.381. The molecule has 0 radical (unpaired) electrons. The second-order valence-electron chi connectivity index (χ2n) is 8.17. The molecule has 1 aliphatic carbocycles. The maximum Gasteiger partial charge on any atom is 0.277 e. The minimum Gasteiger partial charge on any atom is -0.350 e. The Kier molecular flexibility index (Phi) is 4.85. The molecule has 2 fully saturated rings. The normalized spacial score (nSPS) is 22.4. The summed E-state index contributed by atoms with van der Waals surface area (Å²) in [6.45, 7) is 3.70. The number of rotatable bonds is 6. The zero-order chi connectivity index (χ0) is 20.8. The second-order valence-corrected chi connectivity index (χ2v) is 8.60. The molecule has 0 bridgehead atoms. The van der Waals surface area contributed by atoms with Crippen molar-refractivity contribution < 1.29 is 10.0 Å². The first-order valence-corrected chi connectivity index (χ1v) is 10.4. The van der Waals surface area contributed by atoms with Crippen LogP contribution in [0.1, 0.15) is 15.9 Å². The van der Waals surface area contributed by atoms with E-state index in [1.54, 1.807) is 5.48 Å². The molecule has 1 amide bonds. The van der Waals surface area contributed by atoms with Crippen LogP contribution in [0.3, 0.4) is 0 Å². The van der Waals surface area contributed by atoms with Crippen molar-refractivity contribution in [2.75, 3.05) is 24.5 Å². The van der Waals surface area contributed by atoms with Crippen LogP contribution in [0.25, 0.3) is 10.9 Å². The summed E-state index contributed by atoms with van der Waals surface area (Å²) in [4.78, 5) is 22.1. The highest BCUT2D eigenvalue weighted by Gasteiger charge is 2.55. The highest BCUT2D eigenvalue weighted by Crippen LogP contribution is 2.51. The maximum absolute atomic E-state index is 11.4. The molecule has 9 heteroatoms. The van der Waals surface area contributed by atoms with Crippen molar-refractivity contribution in [3.63, 3.8) is 0 Å². The molecule has 30 heavy (non-hydrogen) atoms. The topological polar surface area (TPSA) is 95.3 Å². The van der Waals surface area contributed by atoms with E-state index in [-0.39, 0.29) is 5.56 Å². The van der Waals surface area contributed by atoms with E-state index >= 15 is 0 Å². The average Bonchev–Trinajstić information content (AvgIpc) is 3.08. The van der Waals surface area contributed by atoms with E-state index in [9.17, 15) is 4.79 Å². The van der Waals surface area contributed by atoms with Gasteiger partial charge in [-0.2, -0.15) is 0 Å². The van der Waals surface area contributed by atoms with Crippen LogP contribution < -0.4 is 15.7 Å². The lowest BCUT2D eigenvalue weighted by atomic mass is 10.1. The third kappa shape index (κ3) is 3.40. The molecule has 156 valence electrons. The van der Waals surface area contributed by atoms with Gasteiger partial charge in [-0.3, -0.25) is 10.0 Å². The predicted molar refractivity (Wildman–Crippen MR) is 114 cm³/mol. The van der Waals surface area contributed by atoms with Gasteiger partial charge in [-0.1, -0.05) is 11.6 Å². The molecule has 1 aliphatic heterocycles. The average molecular weight is 427 g/mol. The largest absolute Gasteiger partial charge is 0.350 e. The Morgan fingerprint density at radius 2 is 2.00 bits per heavy atom. The van der Waals surface area contributed by atoms with Gasteiger partial charge in [-0.05, 0) is 48.1 Å². The van der Waals surface area contributed by atoms with E-state index < -0.39 is 5.91 Å². The van der Waals surface area contributed by atoms with Gasteiger partial charge >= 0.3 is 0 Å². The van der Waals surface area contributed by atoms with E-state index in [1.165, 1.54) is 28.9 Å². The number of carbonyl (C=O) groups is 1. The van der Waals surface area contributed by atoms with Gasteiger partial charge in [-0.15, -0.1) is 0 Å². The van der Waals surface area contributed by atoms with Gasteiger partial charge in [0.25, 0.3) is 5.91 Å². The molecule has 3 N–H and O–H groups in total. The first-order valence-electron chi connectivity index (χ1n) is 10.0. The Morgan fingerprint density at radius 3 is 2.70 bits per heavy atom. The van der Waals surface area contributed by atoms with E-state index in [4.69, 9.17) is 16.8 Å². The number of anilines is 1. The highest BCUT2D eigenvalue weighted by molar-refractivity contribution is 6.31. The first kappa shape index (κ1) is 19.3. The minimum absolute atomic E-state index is 0.238. The summed E-state index contributed by atoms with van der Waals surface area (Å²) in [5.41, 5.74) is 4.29. The smallest absolute Gasteiger partial charge is 0.277 e. The third-order valence-electron chi connectivity index (χ3n) is 6.39. The summed E-state index contributed by atoms with van der Waals surface area (Å²) < 4.78 is 2.14. The van der Waals surface area contributed by atoms with Crippen molar-refractivity contribution in [1.29, 1.82) is 0 Å². The second kappa shape index (κ2) is 7.54. The summed E-state index contributed by atoms with van der Waals surface area (Å²) in [6.07, 6.45) is 5.04. The van der Waals surface area contributed by atoms with E-state index in [1.807, 2.05) is 12.1 Å². The number of hydroxylamine groups is 1. The minimum atomic E-state index is -0.606. The van der Waals surface area contributed by atoms with E-state index in [0.29, 0.717) is 23.7 Å². The fourth-order valence-electron chi connectivity index (χ4n) is 4.74. The molecular formula is C21H23ClN6O2. The van der Waals surface area contributed by atoms with Crippen LogP contribution in [-0.2, 0) is 13.6 Å². The predicted octanol–water partition coefficient (Wildman–Crippen LogP) is 2.21. The van der Waals surface area contributed by atoms with Gasteiger partial charge in [0.2, 0.25) is 5.95 Å². The van der Waals surface area contributed by atoms with Gasteiger partial charge in [0.1, 0.15) is 0 Å². The van der Waals surface area contributed by atoms with Crippen LogP contribution in [0, 0.1) is 17.8 Å². The number of carbonyl (C=O) groups excluding carboxylic acids is 1. The molecule has 3 heterocycles. The van der Waals surface area contributed by atoms with Crippen molar-refractivity contribution >= 4 is 34.4 Å². The molecule has 1 aromatic carbocycles. The molecule has 5 rings (SSSR count). The van der Waals surface area contributed by atoms with Crippen molar-refractivity contribution in [1.82, 2.24) is 25.3 Å². The standard InChI is InChI=1S/C21H23ClN6O2/c1-27-9-13(15-4-14(22)2-3-19(15)27)5-23-8-16-17-10-28(11-18(16)17)21-24-6-12(7-25-21)20(29)26-30/h2-4,6-7,9,16-18,23,30H,5,8,10-11H2,1H3,(H,26,29). The molecule has 2 atom stereocenters. The van der Waals surface area contributed by atoms with Crippen LogP contribution in [0.2, 0.25) is 5.02 Å². The van der Waals surface area contributed by atoms with Crippen molar-refractivity contribution in [2.24, 2.45) is 24.8 Å². The van der Waals surface area contributed by atoms with Crippen molar-refractivity contribution in [3.8, 4) is 0 Å². The number of aryl methyl sites for hydroxylation is 1. The first-order chi connectivity index (χ1) is 14.5. The zero-order valence-corrected chi connectivity index (χ0v) is 17.3.